The van der Waals surface area contributed by atoms with E-state index in [9.17, 15) is 9.00 Å². The predicted octanol–water partition coefficient (Wildman–Crippen LogP) is 1.98. The standard InChI is InChI=1S/C10H11ClO3S/c1-7-2-3-8(9(11)4-7)5-15(14)6-10(12)13/h2-4H,5-6H2,1H3,(H,12,13). The summed E-state index contributed by atoms with van der Waals surface area (Å²) in [5.74, 6) is -1.22. The maximum atomic E-state index is 11.3. The zero-order valence-electron chi connectivity index (χ0n) is 8.20. The number of hydrogen-bond acceptors (Lipinski definition) is 2. The lowest BCUT2D eigenvalue weighted by molar-refractivity contribution is -0.133. The van der Waals surface area contributed by atoms with Gasteiger partial charge in [-0.25, -0.2) is 0 Å². The molecule has 1 atom stereocenters. The number of benzene rings is 1. The number of halogens is 1. The molecule has 0 amide bonds. The maximum absolute atomic E-state index is 11.3. The quantitative estimate of drug-likeness (QED) is 0.884. The van der Waals surface area contributed by atoms with Crippen molar-refractivity contribution in [2.75, 3.05) is 5.75 Å². The van der Waals surface area contributed by atoms with Crippen molar-refractivity contribution in [3.63, 3.8) is 0 Å². The van der Waals surface area contributed by atoms with E-state index in [1.807, 2.05) is 13.0 Å². The molecule has 0 heterocycles. The van der Waals surface area contributed by atoms with E-state index in [-0.39, 0.29) is 11.5 Å². The summed E-state index contributed by atoms with van der Waals surface area (Å²) in [5, 5.41) is 8.99. The highest BCUT2D eigenvalue weighted by Crippen LogP contribution is 2.19. The van der Waals surface area contributed by atoms with Crippen LogP contribution in [0.2, 0.25) is 5.02 Å². The number of aryl methyl sites for hydroxylation is 1. The van der Waals surface area contributed by atoms with Gasteiger partial charge in [0.1, 0.15) is 5.75 Å². The molecule has 0 aliphatic carbocycles. The van der Waals surface area contributed by atoms with Crippen molar-refractivity contribution < 1.29 is 14.1 Å². The molecule has 0 spiro atoms. The summed E-state index contributed by atoms with van der Waals surface area (Å²) < 4.78 is 11.3. The molecule has 15 heavy (non-hydrogen) atoms. The topological polar surface area (TPSA) is 54.4 Å². The van der Waals surface area contributed by atoms with Gasteiger partial charge in [0.2, 0.25) is 0 Å². The third kappa shape index (κ3) is 4.01. The van der Waals surface area contributed by atoms with Crippen LogP contribution in [-0.2, 0) is 21.3 Å². The number of aliphatic carboxylic acids is 1. The van der Waals surface area contributed by atoms with Gasteiger partial charge in [-0.3, -0.25) is 9.00 Å². The largest absolute Gasteiger partial charge is 0.481 e. The summed E-state index contributed by atoms with van der Waals surface area (Å²) in [6.45, 7) is 1.91. The molecule has 1 rings (SSSR count). The molecule has 0 aliphatic heterocycles. The van der Waals surface area contributed by atoms with Gasteiger partial charge in [0, 0.05) is 15.8 Å². The van der Waals surface area contributed by atoms with Crippen molar-refractivity contribution in [3.05, 3.63) is 34.3 Å². The molecule has 1 aromatic carbocycles. The second-order valence-corrected chi connectivity index (χ2v) is 5.08. The summed E-state index contributed by atoms with van der Waals surface area (Å²) in [6, 6.07) is 5.41. The first-order valence-corrected chi connectivity index (χ1v) is 6.17. The highest BCUT2D eigenvalue weighted by Gasteiger charge is 2.09. The molecule has 0 fully saturated rings. The minimum atomic E-state index is -1.40. The number of rotatable bonds is 4. The number of carboxylic acids is 1. The molecule has 0 aromatic heterocycles. The Morgan fingerprint density at radius 1 is 1.53 bits per heavy atom. The first-order valence-electron chi connectivity index (χ1n) is 4.31. The normalized spacial score (nSPS) is 12.4. The molecule has 1 unspecified atom stereocenters. The summed E-state index contributed by atoms with van der Waals surface area (Å²) >= 11 is 5.93. The van der Waals surface area contributed by atoms with E-state index in [4.69, 9.17) is 16.7 Å². The Bertz CT molecular complexity index is 404. The third-order valence-electron chi connectivity index (χ3n) is 1.81. The molecule has 0 bridgehead atoms. The smallest absolute Gasteiger partial charge is 0.316 e. The van der Waals surface area contributed by atoms with Crippen molar-refractivity contribution in [1.29, 1.82) is 0 Å². The van der Waals surface area contributed by atoms with Gasteiger partial charge in [0.25, 0.3) is 0 Å². The fourth-order valence-corrected chi connectivity index (χ4v) is 2.49. The van der Waals surface area contributed by atoms with E-state index in [0.29, 0.717) is 5.02 Å². The van der Waals surface area contributed by atoms with E-state index in [2.05, 4.69) is 0 Å². The minimum absolute atomic E-state index is 0.186. The number of carbonyl (C=O) groups is 1. The van der Waals surface area contributed by atoms with E-state index in [1.165, 1.54) is 0 Å². The third-order valence-corrected chi connectivity index (χ3v) is 3.36. The van der Waals surface area contributed by atoms with Crippen LogP contribution in [0.25, 0.3) is 0 Å². The second kappa shape index (κ2) is 5.28. The summed E-state index contributed by atoms with van der Waals surface area (Å²) in [4.78, 5) is 10.3. The van der Waals surface area contributed by atoms with E-state index in [1.54, 1.807) is 12.1 Å². The fraction of sp³-hybridized carbons (Fsp3) is 0.300. The average molecular weight is 247 g/mol. The fourth-order valence-electron chi connectivity index (χ4n) is 1.13. The number of carboxylic acid groups (broad SMARTS) is 1. The Morgan fingerprint density at radius 3 is 2.73 bits per heavy atom. The Hall–Kier alpha value is -0.870. The highest BCUT2D eigenvalue weighted by atomic mass is 35.5. The van der Waals surface area contributed by atoms with Crippen molar-refractivity contribution in [3.8, 4) is 0 Å². The lowest BCUT2D eigenvalue weighted by atomic mass is 10.2. The minimum Gasteiger partial charge on any atom is -0.481 e. The number of hydrogen-bond donors (Lipinski definition) is 1. The zero-order chi connectivity index (χ0) is 11.4. The molecule has 82 valence electrons. The monoisotopic (exact) mass is 246 g/mol. The molecule has 1 aromatic rings. The lowest BCUT2D eigenvalue weighted by Gasteiger charge is -2.04. The van der Waals surface area contributed by atoms with Gasteiger partial charge in [-0.15, -0.1) is 0 Å². The van der Waals surface area contributed by atoms with Crippen LogP contribution in [0.3, 0.4) is 0 Å². The zero-order valence-corrected chi connectivity index (χ0v) is 9.77. The van der Waals surface area contributed by atoms with Gasteiger partial charge in [0.05, 0.1) is 5.75 Å². The van der Waals surface area contributed by atoms with Gasteiger partial charge < -0.3 is 5.11 Å². The summed E-state index contributed by atoms with van der Waals surface area (Å²) in [6.07, 6.45) is 0. The molecule has 0 saturated carbocycles. The van der Waals surface area contributed by atoms with Gasteiger partial charge in [-0.2, -0.15) is 0 Å². The Balaban J connectivity index is 2.72. The van der Waals surface area contributed by atoms with Crippen LogP contribution in [0.5, 0.6) is 0 Å². The molecule has 0 radical (unpaired) electrons. The van der Waals surface area contributed by atoms with Gasteiger partial charge >= 0.3 is 5.97 Å². The van der Waals surface area contributed by atoms with Gasteiger partial charge in [-0.05, 0) is 24.1 Å². The van der Waals surface area contributed by atoms with Crippen LogP contribution in [0, 0.1) is 6.92 Å². The van der Waals surface area contributed by atoms with E-state index in [0.717, 1.165) is 11.1 Å². The predicted molar refractivity (Wildman–Crippen MR) is 60.5 cm³/mol. The first-order chi connectivity index (χ1) is 6.99. The van der Waals surface area contributed by atoms with Crippen molar-refractivity contribution in [2.24, 2.45) is 0 Å². The van der Waals surface area contributed by atoms with Gasteiger partial charge in [0.15, 0.2) is 0 Å². The van der Waals surface area contributed by atoms with E-state index < -0.39 is 16.8 Å². The molecular formula is C10H11ClO3S. The molecule has 0 saturated heterocycles. The Kier molecular flexibility index (Phi) is 4.29. The van der Waals surface area contributed by atoms with Crippen LogP contribution in [0.4, 0.5) is 0 Å². The summed E-state index contributed by atoms with van der Waals surface area (Å²) in [7, 11) is -1.40. The van der Waals surface area contributed by atoms with Crippen LogP contribution >= 0.6 is 11.6 Å². The average Bonchev–Trinajstić information content (AvgIpc) is 2.08. The van der Waals surface area contributed by atoms with Crippen LogP contribution in [0.15, 0.2) is 18.2 Å². The molecule has 1 N–H and O–H groups in total. The Labute approximate surface area is 95.5 Å². The van der Waals surface area contributed by atoms with Crippen molar-refractivity contribution in [1.82, 2.24) is 0 Å². The first kappa shape index (κ1) is 12.2. The van der Waals surface area contributed by atoms with E-state index >= 15 is 0 Å². The highest BCUT2D eigenvalue weighted by molar-refractivity contribution is 7.84. The van der Waals surface area contributed by atoms with Crippen LogP contribution in [-0.4, -0.2) is 21.0 Å². The Morgan fingerprint density at radius 2 is 2.20 bits per heavy atom. The SMILES string of the molecule is Cc1ccc(CS(=O)CC(=O)O)c(Cl)c1. The summed E-state index contributed by atoms with van der Waals surface area (Å²) in [5.41, 5.74) is 1.75. The lowest BCUT2D eigenvalue weighted by Crippen LogP contribution is -2.10. The molecule has 0 aliphatic rings. The maximum Gasteiger partial charge on any atom is 0.316 e. The van der Waals surface area contributed by atoms with Crippen molar-refractivity contribution in [2.45, 2.75) is 12.7 Å². The van der Waals surface area contributed by atoms with Crippen molar-refractivity contribution >= 4 is 28.4 Å². The van der Waals surface area contributed by atoms with Gasteiger partial charge in [-0.1, -0.05) is 23.7 Å². The molecule has 3 nitrogen and oxygen atoms in total. The second-order valence-electron chi connectivity index (χ2n) is 3.22. The van der Waals surface area contributed by atoms with Crippen LogP contribution in [0.1, 0.15) is 11.1 Å². The molecular weight excluding hydrogens is 236 g/mol. The van der Waals surface area contributed by atoms with Crippen LogP contribution < -0.4 is 0 Å². The molecule has 5 heteroatoms.